The van der Waals surface area contributed by atoms with Crippen molar-refractivity contribution in [2.24, 2.45) is 5.73 Å². The van der Waals surface area contributed by atoms with Crippen LogP contribution < -0.4 is 5.73 Å². The van der Waals surface area contributed by atoms with Crippen LogP contribution >= 0.6 is 0 Å². The summed E-state index contributed by atoms with van der Waals surface area (Å²) in [4.78, 5) is 10.9. The van der Waals surface area contributed by atoms with Crippen LogP contribution in [0, 0.1) is 6.92 Å². The lowest BCUT2D eigenvalue weighted by atomic mass is 9.98. The highest BCUT2D eigenvalue weighted by Gasteiger charge is 2.05. The maximum absolute atomic E-state index is 10.9. The Morgan fingerprint density at radius 2 is 1.93 bits per heavy atom. The van der Waals surface area contributed by atoms with E-state index in [0.29, 0.717) is 6.42 Å². The number of benzene rings is 2. The molecule has 0 saturated carbocycles. The van der Waals surface area contributed by atoms with E-state index >= 15 is 0 Å². The Kier molecular flexibility index (Phi) is 2.42. The minimum absolute atomic E-state index is 0.284. The van der Waals surface area contributed by atoms with Crippen LogP contribution in [0.3, 0.4) is 0 Å². The SMILES string of the molecule is Cc1c(CC(N)=O)ccc2ccccc12. The summed E-state index contributed by atoms with van der Waals surface area (Å²) >= 11 is 0. The molecule has 0 radical (unpaired) electrons. The van der Waals surface area contributed by atoms with Gasteiger partial charge in [0, 0.05) is 0 Å². The molecule has 2 N–H and O–H groups in total. The van der Waals surface area contributed by atoms with Crippen LogP contribution in [0.25, 0.3) is 10.8 Å². The molecule has 15 heavy (non-hydrogen) atoms. The number of fused-ring (bicyclic) bond motifs is 1. The van der Waals surface area contributed by atoms with Crippen LogP contribution in [0.15, 0.2) is 36.4 Å². The fourth-order valence-corrected chi connectivity index (χ4v) is 1.85. The second-order valence-corrected chi connectivity index (χ2v) is 3.71. The van der Waals surface area contributed by atoms with E-state index in [1.165, 1.54) is 10.8 Å². The first-order valence-corrected chi connectivity index (χ1v) is 4.94. The molecule has 2 aromatic carbocycles. The molecule has 0 aliphatic heterocycles. The van der Waals surface area contributed by atoms with Crippen molar-refractivity contribution in [1.82, 2.24) is 0 Å². The van der Waals surface area contributed by atoms with Gasteiger partial charge in [0.2, 0.25) is 5.91 Å². The molecule has 0 aromatic heterocycles. The first-order valence-electron chi connectivity index (χ1n) is 4.94. The smallest absolute Gasteiger partial charge is 0.221 e. The highest BCUT2D eigenvalue weighted by Crippen LogP contribution is 2.21. The second kappa shape index (κ2) is 3.73. The first kappa shape index (κ1) is 9.71. The Morgan fingerprint density at radius 3 is 2.67 bits per heavy atom. The number of carbonyl (C=O) groups is 1. The van der Waals surface area contributed by atoms with Gasteiger partial charge < -0.3 is 5.73 Å². The number of primary amides is 1. The summed E-state index contributed by atoms with van der Waals surface area (Å²) in [6.07, 6.45) is 0.316. The quantitative estimate of drug-likeness (QED) is 0.791. The molecule has 1 amide bonds. The fraction of sp³-hybridized carbons (Fsp3) is 0.154. The Balaban J connectivity index is 2.59. The van der Waals surface area contributed by atoms with Crippen molar-refractivity contribution in [3.8, 4) is 0 Å². The van der Waals surface area contributed by atoms with Crippen molar-refractivity contribution in [2.75, 3.05) is 0 Å². The van der Waals surface area contributed by atoms with Crippen LogP contribution in [0.5, 0.6) is 0 Å². The number of carbonyl (C=O) groups excluding carboxylic acids is 1. The third-order valence-corrected chi connectivity index (χ3v) is 2.68. The number of nitrogens with two attached hydrogens (primary N) is 1. The summed E-state index contributed by atoms with van der Waals surface area (Å²) in [7, 11) is 0. The molecule has 0 fully saturated rings. The minimum Gasteiger partial charge on any atom is -0.369 e. The van der Waals surface area contributed by atoms with Crippen LogP contribution in [-0.4, -0.2) is 5.91 Å². The molecule has 2 rings (SSSR count). The average Bonchev–Trinajstić information content (AvgIpc) is 2.22. The normalized spacial score (nSPS) is 10.5. The molecule has 2 heteroatoms. The van der Waals surface area contributed by atoms with Crippen molar-refractivity contribution in [1.29, 1.82) is 0 Å². The first-order chi connectivity index (χ1) is 7.18. The molecule has 0 aliphatic rings. The van der Waals surface area contributed by atoms with Crippen molar-refractivity contribution in [3.63, 3.8) is 0 Å². The van der Waals surface area contributed by atoms with Gasteiger partial charge in [0.25, 0.3) is 0 Å². The number of hydrogen-bond acceptors (Lipinski definition) is 1. The van der Waals surface area contributed by atoms with Gasteiger partial charge >= 0.3 is 0 Å². The predicted octanol–water partition coefficient (Wildman–Crippen LogP) is 2.18. The maximum Gasteiger partial charge on any atom is 0.221 e. The van der Waals surface area contributed by atoms with Crippen LogP contribution in [0.1, 0.15) is 11.1 Å². The third kappa shape index (κ3) is 1.84. The molecular weight excluding hydrogens is 186 g/mol. The molecule has 0 bridgehead atoms. The minimum atomic E-state index is -0.284. The van der Waals surface area contributed by atoms with E-state index in [1.54, 1.807) is 0 Å². The van der Waals surface area contributed by atoms with Gasteiger partial charge in [0.15, 0.2) is 0 Å². The van der Waals surface area contributed by atoms with Gasteiger partial charge in [-0.05, 0) is 28.8 Å². The van der Waals surface area contributed by atoms with Crippen LogP contribution in [0.2, 0.25) is 0 Å². The second-order valence-electron chi connectivity index (χ2n) is 3.71. The summed E-state index contributed by atoms with van der Waals surface area (Å²) in [5, 5.41) is 2.39. The van der Waals surface area contributed by atoms with Gasteiger partial charge in [0.1, 0.15) is 0 Å². The lowest BCUT2D eigenvalue weighted by Gasteiger charge is -2.07. The average molecular weight is 199 g/mol. The van der Waals surface area contributed by atoms with Gasteiger partial charge in [-0.3, -0.25) is 4.79 Å². The lowest BCUT2D eigenvalue weighted by Crippen LogP contribution is -2.14. The van der Waals surface area contributed by atoms with E-state index in [9.17, 15) is 4.79 Å². The molecule has 0 heterocycles. The molecular formula is C13H13NO. The summed E-state index contributed by atoms with van der Waals surface area (Å²) in [6.45, 7) is 2.03. The Labute approximate surface area is 88.7 Å². The molecule has 0 unspecified atom stereocenters. The zero-order chi connectivity index (χ0) is 10.8. The highest BCUT2D eigenvalue weighted by molar-refractivity contribution is 5.88. The van der Waals surface area contributed by atoms with Gasteiger partial charge in [-0.25, -0.2) is 0 Å². The molecule has 2 nitrogen and oxygen atoms in total. The van der Waals surface area contributed by atoms with Gasteiger partial charge in [-0.2, -0.15) is 0 Å². The van der Waals surface area contributed by atoms with E-state index in [-0.39, 0.29) is 5.91 Å². The molecule has 76 valence electrons. The monoisotopic (exact) mass is 199 g/mol. The zero-order valence-electron chi connectivity index (χ0n) is 8.66. The summed E-state index contributed by atoms with van der Waals surface area (Å²) < 4.78 is 0. The Hall–Kier alpha value is -1.83. The van der Waals surface area contributed by atoms with Crippen molar-refractivity contribution < 1.29 is 4.79 Å². The Bertz CT molecular complexity index is 517. The molecule has 2 aromatic rings. The van der Waals surface area contributed by atoms with Crippen molar-refractivity contribution in [2.45, 2.75) is 13.3 Å². The molecule has 0 saturated heterocycles. The largest absolute Gasteiger partial charge is 0.369 e. The van der Waals surface area contributed by atoms with E-state index in [2.05, 4.69) is 12.1 Å². The predicted molar refractivity (Wildman–Crippen MR) is 61.6 cm³/mol. The molecule has 0 atom stereocenters. The van der Waals surface area contributed by atoms with Gasteiger partial charge in [-0.15, -0.1) is 0 Å². The Morgan fingerprint density at radius 1 is 1.20 bits per heavy atom. The van der Waals surface area contributed by atoms with E-state index in [1.807, 2.05) is 31.2 Å². The summed E-state index contributed by atoms with van der Waals surface area (Å²) in [5.41, 5.74) is 7.36. The van der Waals surface area contributed by atoms with Crippen molar-refractivity contribution in [3.05, 3.63) is 47.5 Å². The molecule has 0 spiro atoms. The maximum atomic E-state index is 10.9. The number of hydrogen-bond donors (Lipinski definition) is 1. The summed E-state index contributed by atoms with van der Waals surface area (Å²) in [5.74, 6) is -0.284. The van der Waals surface area contributed by atoms with E-state index < -0.39 is 0 Å². The van der Waals surface area contributed by atoms with Crippen molar-refractivity contribution >= 4 is 16.7 Å². The summed E-state index contributed by atoms with van der Waals surface area (Å²) in [6, 6.07) is 12.1. The molecule has 0 aliphatic carbocycles. The van der Waals surface area contributed by atoms with E-state index in [4.69, 9.17) is 5.73 Å². The van der Waals surface area contributed by atoms with Crippen LogP contribution in [0.4, 0.5) is 0 Å². The number of rotatable bonds is 2. The standard InChI is InChI=1S/C13H13NO/c1-9-11(8-13(14)15)7-6-10-4-2-3-5-12(9)10/h2-7H,8H2,1H3,(H2,14,15). The van der Waals surface area contributed by atoms with Crippen LogP contribution in [-0.2, 0) is 11.2 Å². The fourth-order valence-electron chi connectivity index (χ4n) is 1.85. The van der Waals surface area contributed by atoms with E-state index in [0.717, 1.165) is 11.1 Å². The number of amides is 1. The third-order valence-electron chi connectivity index (χ3n) is 2.68. The zero-order valence-corrected chi connectivity index (χ0v) is 8.66. The lowest BCUT2D eigenvalue weighted by molar-refractivity contribution is -0.117. The topological polar surface area (TPSA) is 43.1 Å². The highest BCUT2D eigenvalue weighted by atomic mass is 16.1. The van der Waals surface area contributed by atoms with Gasteiger partial charge in [0.05, 0.1) is 6.42 Å². The van der Waals surface area contributed by atoms with Gasteiger partial charge in [-0.1, -0.05) is 36.4 Å². The number of aryl methyl sites for hydroxylation is 1.